The highest BCUT2D eigenvalue weighted by molar-refractivity contribution is 5.92. The van der Waals surface area contributed by atoms with Crippen LogP contribution in [0, 0.1) is 6.92 Å². The second-order valence-electron chi connectivity index (χ2n) is 4.65. The Labute approximate surface area is 121 Å². The third kappa shape index (κ3) is 3.62. The molecule has 112 valence electrons. The number of carbonyl (C=O) groups is 1. The number of amides is 1. The molecule has 7 heteroatoms. The van der Waals surface area contributed by atoms with Crippen molar-refractivity contribution < 1.29 is 13.6 Å². The van der Waals surface area contributed by atoms with Crippen LogP contribution in [0.5, 0.6) is 0 Å². The van der Waals surface area contributed by atoms with E-state index in [2.05, 4.69) is 15.4 Å². The van der Waals surface area contributed by atoms with Gasteiger partial charge in [-0.25, -0.2) is 4.68 Å². The van der Waals surface area contributed by atoms with E-state index in [1.54, 1.807) is 6.20 Å². The Morgan fingerprint density at radius 2 is 2.19 bits per heavy atom. The van der Waals surface area contributed by atoms with Gasteiger partial charge in [-0.1, -0.05) is 6.92 Å². The van der Waals surface area contributed by atoms with Crippen LogP contribution in [0.25, 0.3) is 0 Å². The lowest BCUT2D eigenvalue weighted by Gasteiger charge is -2.16. The highest BCUT2D eigenvalue weighted by atomic mass is 19.3. The normalized spacial score (nSPS) is 12.4. The van der Waals surface area contributed by atoms with Gasteiger partial charge >= 0.3 is 6.55 Å². The van der Waals surface area contributed by atoms with Crippen molar-refractivity contribution in [2.24, 2.45) is 0 Å². The van der Waals surface area contributed by atoms with Crippen LogP contribution < -0.4 is 5.32 Å². The van der Waals surface area contributed by atoms with Crippen LogP contribution in [0.3, 0.4) is 0 Å². The van der Waals surface area contributed by atoms with Gasteiger partial charge in [0.1, 0.15) is 5.69 Å². The number of pyridine rings is 1. The number of alkyl halides is 2. The summed E-state index contributed by atoms with van der Waals surface area (Å²) in [5, 5.41) is 6.30. The Bertz CT molecular complexity index is 627. The maximum absolute atomic E-state index is 12.4. The molecule has 5 nitrogen and oxygen atoms in total. The Kier molecular flexibility index (Phi) is 4.62. The first kappa shape index (κ1) is 15.1. The average Bonchev–Trinajstić information content (AvgIpc) is 2.94. The predicted octanol–water partition coefficient (Wildman–Crippen LogP) is 2.86. The summed E-state index contributed by atoms with van der Waals surface area (Å²) in [5.74, 6) is -0.496. The van der Waals surface area contributed by atoms with Crippen LogP contribution >= 0.6 is 0 Å². The molecule has 0 aliphatic heterocycles. The highest BCUT2D eigenvalue weighted by Crippen LogP contribution is 2.16. The molecule has 21 heavy (non-hydrogen) atoms. The second-order valence-corrected chi connectivity index (χ2v) is 4.65. The topological polar surface area (TPSA) is 59.8 Å². The molecule has 1 amide bonds. The van der Waals surface area contributed by atoms with Crippen LogP contribution in [0.4, 0.5) is 8.78 Å². The van der Waals surface area contributed by atoms with E-state index in [-0.39, 0.29) is 11.7 Å². The number of hydrogen-bond donors (Lipinski definition) is 1. The van der Waals surface area contributed by atoms with Crippen LogP contribution in [-0.2, 0) is 0 Å². The second kappa shape index (κ2) is 6.43. The lowest BCUT2D eigenvalue weighted by Crippen LogP contribution is -2.29. The monoisotopic (exact) mass is 294 g/mol. The molecule has 2 aromatic rings. The molecule has 0 aromatic carbocycles. The van der Waals surface area contributed by atoms with Gasteiger partial charge in [0, 0.05) is 12.4 Å². The van der Waals surface area contributed by atoms with Gasteiger partial charge in [0.05, 0.1) is 11.7 Å². The Hall–Kier alpha value is -2.31. The lowest BCUT2D eigenvalue weighted by molar-refractivity contribution is 0.0559. The number of halogens is 2. The number of hydrogen-bond acceptors (Lipinski definition) is 3. The van der Waals surface area contributed by atoms with Crippen molar-refractivity contribution in [2.45, 2.75) is 32.9 Å². The van der Waals surface area contributed by atoms with Crippen molar-refractivity contribution in [2.75, 3.05) is 0 Å². The summed E-state index contributed by atoms with van der Waals surface area (Å²) >= 11 is 0. The van der Waals surface area contributed by atoms with E-state index in [9.17, 15) is 13.6 Å². The number of aryl methyl sites for hydroxylation is 1. The minimum atomic E-state index is -2.76. The van der Waals surface area contributed by atoms with Gasteiger partial charge in [0.15, 0.2) is 0 Å². The van der Waals surface area contributed by atoms with E-state index in [4.69, 9.17) is 0 Å². The van der Waals surface area contributed by atoms with Crippen molar-refractivity contribution in [1.82, 2.24) is 20.1 Å². The maximum atomic E-state index is 12.4. The Morgan fingerprint density at radius 3 is 2.76 bits per heavy atom. The van der Waals surface area contributed by atoms with Crippen molar-refractivity contribution in [3.63, 3.8) is 0 Å². The lowest BCUT2D eigenvalue weighted by atomic mass is 10.1. The van der Waals surface area contributed by atoms with Gasteiger partial charge in [0.25, 0.3) is 5.91 Å². The minimum Gasteiger partial charge on any atom is -0.342 e. The van der Waals surface area contributed by atoms with Gasteiger partial charge in [-0.3, -0.25) is 9.78 Å². The summed E-state index contributed by atoms with van der Waals surface area (Å²) in [5.41, 5.74) is 1.73. The van der Waals surface area contributed by atoms with E-state index in [1.807, 2.05) is 26.0 Å². The van der Waals surface area contributed by atoms with Crippen LogP contribution in [-0.4, -0.2) is 20.7 Å². The molecule has 0 unspecified atom stereocenters. The van der Waals surface area contributed by atoms with Crippen LogP contribution in [0.15, 0.2) is 30.6 Å². The van der Waals surface area contributed by atoms with Crippen molar-refractivity contribution >= 4 is 5.91 Å². The molecule has 0 radical (unpaired) electrons. The summed E-state index contributed by atoms with van der Waals surface area (Å²) in [6.07, 6.45) is 3.38. The molecular formula is C14H16F2N4O. The zero-order valence-corrected chi connectivity index (χ0v) is 11.8. The SMILES string of the molecule is CC[C@@H](NC(=O)c1ccn(C(F)F)n1)c1cc(C)ccn1. The zero-order valence-electron chi connectivity index (χ0n) is 11.8. The van der Waals surface area contributed by atoms with E-state index in [0.29, 0.717) is 11.1 Å². The fraction of sp³-hybridized carbons (Fsp3) is 0.357. The van der Waals surface area contributed by atoms with E-state index in [0.717, 1.165) is 17.5 Å². The molecule has 0 bridgehead atoms. The fourth-order valence-corrected chi connectivity index (χ4v) is 1.94. The summed E-state index contributed by atoms with van der Waals surface area (Å²) in [6.45, 7) is 1.09. The van der Waals surface area contributed by atoms with Gasteiger partial charge in [-0.2, -0.15) is 13.9 Å². The number of nitrogens with zero attached hydrogens (tertiary/aromatic N) is 3. The molecule has 0 aliphatic rings. The first-order chi connectivity index (χ1) is 10.0. The maximum Gasteiger partial charge on any atom is 0.333 e. The van der Waals surface area contributed by atoms with Crippen LogP contribution in [0.1, 0.15) is 47.7 Å². The van der Waals surface area contributed by atoms with Crippen LogP contribution in [0.2, 0.25) is 0 Å². The first-order valence-electron chi connectivity index (χ1n) is 6.58. The molecule has 2 heterocycles. The molecular weight excluding hydrogens is 278 g/mol. The standard InChI is InChI=1S/C14H16F2N4O/c1-3-10(12-8-9(2)4-6-17-12)18-13(21)11-5-7-20(19-11)14(15)16/h4-8,10,14H,3H2,1-2H3,(H,18,21)/t10-/m1/s1. The first-order valence-corrected chi connectivity index (χ1v) is 6.58. The fourth-order valence-electron chi connectivity index (χ4n) is 1.94. The molecule has 0 fully saturated rings. The minimum absolute atomic E-state index is 0.0404. The molecule has 1 atom stereocenters. The Balaban J connectivity index is 2.12. The number of rotatable bonds is 5. The summed E-state index contributed by atoms with van der Waals surface area (Å²) in [7, 11) is 0. The quantitative estimate of drug-likeness (QED) is 0.922. The number of aromatic nitrogens is 3. The third-order valence-electron chi connectivity index (χ3n) is 3.05. The average molecular weight is 294 g/mol. The third-order valence-corrected chi connectivity index (χ3v) is 3.05. The number of nitrogens with one attached hydrogen (secondary N) is 1. The van der Waals surface area contributed by atoms with E-state index >= 15 is 0 Å². The molecule has 2 aromatic heterocycles. The largest absolute Gasteiger partial charge is 0.342 e. The van der Waals surface area contributed by atoms with Gasteiger partial charge < -0.3 is 5.32 Å². The predicted molar refractivity (Wildman–Crippen MR) is 73.0 cm³/mol. The molecule has 0 aliphatic carbocycles. The van der Waals surface area contributed by atoms with Crippen molar-refractivity contribution in [3.8, 4) is 0 Å². The van der Waals surface area contributed by atoms with Crippen molar-refractivity contribution in [1.29, 1.82) is 0 Å². The molecule has 0 spiro atoms. The summed E-state index contributed by atoms with van der Waals surface area (Å²) in [4.78, 5) is 16.3. The molecule has 2 rings (SSSR count). The summed E-state index contributed by atoms with van der Waals surface area (Å²) in [6, 6.07) is 4.72. The van der Waals surface area contributed by atoms with E-state index in [1.165, 1.54) is 6.07 Å². The molecule has 0 saturated carbocycles. The van der Waals surface area contributed by atoms with Gasteiger partial charge in [-0.05, 0) is 37.1 Å². The van der Waals surface area contributed by atoms with Gasteiger partial charge in [-0.15, -0.1) is 0 Å². The number of carbonyl (C=O) groups excluding carboxylic acids is 1. The zero-order chi connectivity index (χ0) is 15.4. The highest BCUT2D eigenvalue weighted by Gasteiger charge is 2.18. The molecule has 1 N–H and O–H groups in total. The summed E-state index contributed by atoms with van der Waals surface area (Å²) < 4.78 is 25.3. The van der Waals surface area contributed by atoms with Gasteiger partial charge in [0.2, 0.25) is 0 Å². The van der Waals surface area contributed by atoms with Crippen molar-refractivity contribution in [3.05, 3.63) is 47.5 Å². The Morgan fingerprint density at radius 1 is 1.43 bits per heavy atom. The smallest absolute Gasteiger partial charge is 0.333 e. The van der Waals surface area contributed by atoms with E-state index < -0.39 is 12.5 Å². The molecule has 0 saturated heterocycles.